The largest absolute Gasteiger partial charge is 0.376 e. The van der Waals surface area contributed by atoms with Crippen molar-refractivity contribution in [3.63, 3.8) is 0 Å². The minimum Gasteiger partial charge on any atom is -0.376 e. The number of carbonyl (C=O) groups excluding carboxylic acids is 2. The average molecular weight is 277 g/mol. The van der Waals surface area contributed by atoms with Gasteiger partial charge in [-0.15, -0.1) is 0 Å². The first-order chi connectivity index (χ1) is 9.19. The summed E-state index contributed by atoms with van der Waals surface area (Å²) in [7, 11) is 3.41. The maximum atomic E-state index is 12.0. The van der Waals surface area contributed by atoms with E-state index in [1.165, 1.54) is 4.90 Å². The zero-order valence-electron chi connectivity index (χ0n) is 12.8. The van der Waals surface area contributed by atoms with Crippen LogP contribution in [0.2, 0.25) is 0 Å². The molecule has 0 atom stereocenters. The third-order valence-corrected chi connectivity index (χ3v) is 2.56. The SMILES string of the molecule is CN(C)C(=O)CNc1cccc(C(=O)NC(C)(C)C)c1. The topological polar surface area (TPSA) is 61.4 Å². The van der Waals surface area contributed by atoms with Crippen LogP contribution in [0.25, 0.3) is 0 Å². The van der Waals surface area contributed by atoms with Gasteiger partial charge in [0.1, 0.15) is 0 Å². The van der Waals surface area contributed by atoms with Gasteiger partial charge in [0.25, 0.3) is 5.91 Å². The fourth-order valence-electron chi connectivity index (χ4n) is 1.52. The molecule has 0 fully saturated rings. The Morgan fingerprint density at radius 2 is 1.85 bits per heavy atom. The van der Waals surface area contributed by atoms with Gasteiger partial charge in [-0.1, -0.05) is 6.07 Å². The molecule has 0 aliphatic rings. The van der Waals surface area contributed by atoms with Crippen LogP contribution in [0.5, 0.6) is 0 Å². The van der Waals surface area contributed by atoms with Gasteiger partial charge < -0.3 is 15.5 Å². The third kappa shape index (κ3) is 5.30. The lowest BCUT2D eigenvalue weighted by Crippen LogP contribution is -2.40. The first-order valence-electron chi connectivity index (χ1n) is 6.55. The molecule has 0 aliphatic heterocycles. The second-order valence-corrected chi connectivity index (χ2v) is 5.93. The molecule has 20 heavy (non-hydrogen) atoms. The summed E-state index contributed by atoms with van der Waals surface area (Å²) in [6.45, 7) is 6.01. The molecule has 2 amide bonds. The maximum absolute atomic E-state index is 12.0. The fourth-order valence-corrected chi connectivity index (χ4v) is 1.52. The molecular formula is C15H23N3O2. The van der Waals surface area contributed by atoms with Crippen LogP contribution in [0.3, 0.4) is 0 Å². The average Bonchev–Trinajstić information content (AvgIpc) is 2.34. The Hall–Kier alpha value is -2.04. The van der Waals surface area contributed by atoms with Crippen LogP contribution in [0, 0.1) is 0 Å². The van der Waals surface area contributed by atoms with Gasteiger partial charge >= 0.3 is 0 Å². The quantitative estimate of drug-likeness (QED) is 0.881. The van der Waals surface area contributed by atoms with Crippen LogP contribution in [0.4, 0.5) is 5.69 Å². The maximum Gasteiger partial charge on any atom is 0.251 e. The Morgan fingerprint density at radius 1 is 1.20 bits per heavy atom. The molecule has 0 radical (unpaired) electrons. The molecule has 0 aromatic heterocycles. The molecule has 0 saturated heterocycles. The molecule has 0 aliphatic carbocycles. The first-order valence-corrected chi connectivity index (χ1v) is 6.55. The van der Waals surface area contributed by atoms with Crippen LogP contribution in [-0.4, -0.2) is 42.9 Å². The van der Waals surface area contributed by atoms with Crippen LogP contribution in [0.1, 0.15) is 31.1 Å². The summed E-state index contributed by atoms with van der Waals surface area (Å²) in [4.78, 5) is 25.1. The van der Waals surface area contributed by atoms with Crippen molar-refractivity contribution in [3.05, 3.63) is 29.8 Å². The van der Waals surface area contributed by atoms with E-state index in [4.69, 9.17) is 0 Å². The molecule has 0 spiro atoms. The summed E-state index contributed by atoms with van der Waals surface area (Å²) in [5.41, 5.74) is 1.05. The van der Waals surface area contributed by atoms with Crippen molar-refractivity contribution < 1.29 is 9.59 Å². The Kier molecular flexibility index (Phi) is 5.13. The smallest absolute Gasteiger partial charge is 0.251 e. The highest BCUT2D eigenvalue weighted by molar-refractivity contribution is 5.95. The van der Waals surface area contributed by atoms with Crippen molar-refractivity contribution in [3.8, 4) is 0 Å². The van der Waals surface area contributed by atoms with E-state index >= 15 is 0 Å². The van der Waals surface area contributed by atoms with E-state index in [1.54, 1.807) is 32.3 Å². The van der Waals surface area contributed by atoms with Gasteiger partial charge in [0.2, 0.25) is 5.91 Å². The predicted molar refractivity (Wildman–Crippen MR) is 80.8 cm³/mol. The van der Waals surface area contributed by atoms with Gasteiger partial charge in [-0.2, -0.15) is 0 Å². The molecule has 0 unspecified atom stereocenters. The Labute approximate surface area is 120 Å². The van der Waals surface area contributed by atoms with Crippen molar-refractivity contribution in [2.45, 2.75) is 26.3 Å². The standard InChI is InChI=1S/C15H23N3O2/c1-15(2,3)17-14(20)11-7-6-8-12(9-11)16-10-13(19)18(4)5/h6-9,16H,10H2,1-5H3,(H,17,20). The van der Waals surface area contributed by atoms with Crippen molar-refractivity contribution >= 4 is 17.5 Å². The number of rotatable bonds is 4. The van der Waals surface area contributed by atoms with E-state index in [9.17, 15) is 9.59 Å². The molecule has 5 heteroatoms. The molecule has 5 nitrogen and oxygen atoms in total. The Balaban J connectivity index is 2.71. The van der Waals surface area contributed by atoms with E-state index in [-0.39, 0.29) is 23.9 Å². The number of anilines is 1. The highest BCUT2D eigenvalue weighted by Gasteiger charge is 2.15. The minimum absolute atomic E-state index is 0.0189. The lowest BCUT2D eigenvalue weighted by atomic mass is 10.1. The van der Waals surface area contributed by atoms with Gasteiger partial charge in [0, 0.05) is 30.9 Å². The van der Waals surface area contributed by atoms with Crippen LogP contribution < -0.4 is 10.6 Å². The highest BCUT2D eigenvalue weighted by atomic mass is 16.2. The first kappa shape index (κ1) is 16.0. The minimum atomic E-state index is -0.276. The van der Waals surface area contributed by atoms with Crippen LogP contribution in [-0.2, 0) is 4.79 Å². The Bertz CT molecular complexity index is 490. The molecule has 0 saturated carbocycles. The number of benzene rings is 1. The molecule has 110 valence electrons. The summed E-state index contributed by atoms with van der Waals surface area (Å²) in [6.07, 6.45) is 0. The van der Waals surface area contributed by atoms with Crippen molar-refractivity contribution in [1.29, 1.82) is 0 Å². The number of amides is 2. The summed E-state index contributed by atoms with van der Waals surface area (Å²) in [5.74, 6) is -0.144. The van der Waals surface area contributed by atoms with Gasteiger partial charge in [0.05, 0.1) is 6.54 Å². The molecule has 0 heterocycles. The predicted octanol–water partition coefficient (Wildman–Crippen LogP) is 1.71. The molecular weight excluding hydrogens is 254 g/mol. The summed E-state index contributed by atoms with van der Waals surface area (Å²) < 4.78 is 0. The highest BCUT2D eigenvalue weighted by Crippen LogP contribution is 2.12. The molecule has 1 aromatic carbocycles. The molecule has 1 rings (SSSR count). The number of nitrogens with one attached hydrogen (secondary N) is 2. The van der Waals surface area contributed by atoms with Crippen LogP contribution >= 0.6 is 0 Å². The Morgan fingerprint density at radius 3 is 2.40 bits per heavy atom. The molecule has 1 aromatic rings. The van der Waals surface area contributed by atoms with E-state index in [1.807, 2.05) is 26.8 Å². The normalized spacial score (nSPS) is 10.8. The van der Waals surface area contributed by atoms with E-state index in [0.717, 1.165) is 5.69 Å². The number of nitrogens with zero attached hydrogens (tertiary/aromatic N) is 1. The van der Waals surface area contributed by atoms with Gasteiger partial charge in [0.15, 0.2) is 0 Å². The lowest BCUT2D eigenvalue weighted by molar-refractivity contribution is -0.126. The second-order valence-electron chi connectivity index (χ2n) is 5.93. The van der Waals surface area contributed by atoms with Crippen molar-refractivity contribution in [1.82, 2.24) is 10.2 Å². The number of hydrogen-bond acceptors (Lipinski definition) is 3. The zero-order chi connectivity index (χ0) is 15.3. The van der Waals surface area contributed by atoms with E-state index in [2.05, 4.69) is 10.6 Å². The van der Waals surface area contributed by atoms with Gasteiger partial charge in [-0.05, 0) is 39.0 Å². The number of hydrogen-bond donors (Lipinski definition) is 2. The summed E-state index contributed by atoms with van der Waals surface area (Å²) in [6, 6.07) is 7.11. The molecule has 0 bridgehead atoms. The number of carbonyl (C=O) groups is 2. The van der Waals surface area contributed by atoms with Crippen LogP contribution in [0.15, 0.2) is 24.3 Å². The third-order valence-electron chi connectivity index (χ3n) is 2.56. The summed E-state index contributed by atoms with van der Waals surface area (Å²) in [5, 5.41) is 5.92. The van der Waals surface area contributed by atoms with E-state index in [0.29, 0.717) is 5.56 Å². The van der Waals surface area contributed by atoms with Gasteiger partial charge in [-0.3, -0.25) is 9.59 Å². The summed E-state index contributed by atoms with van der Waals surface area (Å²) >= 11 is 0. The van der Waals surface area contributed by atoms with Crippen molar-refractivity contribution in [2.75, 3.05) is 26.0 Å². The van der Waals surface area contributed by atoms with Crippen molar-refractivity contribution in [2.24, 2.45) is 0 Å². The number of likely N-dealkylation sites (N-methyl/N-ethyl adjacent to an activating group) is 1. The second kappa shape index (κ2) is 6.41. The molecule has 2 N–H and O–H groups in total. The van der Waals surface area contributed by atoms with E-state index < -0.39 is 0 Å². The lowest BCUT2D eigenvalue weighted by Gasteiger charge is -2.20. The van der Waals surface area contributed by atoms with Gasteiger partial charge in [-0.25, -0.2) is 0 Å². The fraction of sp³-hybridized carbons (Fsp3) is 0.467. The monoisotopic (exact) mass is 277 g/mol. The zero-order valence-corrected chi connectivity index (χ0v) is 12.8.